The third-order valence-corrected chi connectivity index (χ3v) is 8.41. The van der Waals surface area contributed by atoms with Crippen LogP contribution in [-0.2, 0) is 15.4 Å². The van der Waals surface area contributed by atoms with Crippen LogP contribution in [-0.4, -0.2) is 50.0 Å². The van der Waals surface area contributed by atoms with Crippen molar-refractivity contribution in [1.29, 1.82) is 0 Å². The number of nitrogens with one attached hydrogen (secondary N) is 1. The van der Waals surface area contributed by atoms with Gasteiger partial charge < -0.3 is 4.90 Å². The lowest BCUT2D eigenvalue weighted by atomic mass is 9.87. The topological polar surface area (TPSA) is 65.5 Å². The summed E-state index contributed by atoms with van der Waals surface area (Å²) in [5.41, 5.74) is 1.11. The van der Waals surface area contributed by atoms with Gasteiger partial charge in [0.15, 0.2) is 0 Å². The first kappa shape index (κ1) is 23.2. The molecule has 6 nitrogen and oxygen atoms in total. The third-order valence-electron chi connectivity index (χ3n) is 6.12. The number of rotatable bonds is 6. The number of benzene rings is 2. The van der Waals surface area contributed by atoms with E-state index in [0.717, 1.165) is 37.6 Å². The van der Waals surface area contributed by atoms with Gasteiger partial charge in [-0.25, -0.2) is 8.42 Å². The maximum atomic E-state index is 13.0. The minimum atomic E-state index is -3.58. The average molecular weight is 473 g/mol. The third kappa shape index (κ3) is 4.83. The Morgan fingerprint density at radius 2 is 1.69 bits per heavy atom. The Labute approximate surface area is 195 Å². The van der Waals surface area contributed by atoms with Gasteiger partial charge in [-0.1, -0.05) is 52.0 Å². The molecule has 1 aromatic heterocycles. The Morgan fingerprint density at radius 3 is 2.31 bits per heavy atom. The predicted octanol–water partition coefficient (Wildman–Crippen LogP) is 4.43. The molecule has 1 atom stereocenters. The minimum Gasteiger partial charge on any atom is -0.353 e. The van der Waals surface area contributed by atoms with Crippen LogP contribution in [0, 0.1) is 0 Å². The number of anilines is 1. The molecule has 172 valence electrons. The van der Waals surface area contributed by atoms with Crippen LogP contribution in [0.1, 0.15) is 39.7 Å². The molecule has 1 saturated heterocycles. The van der Waals surface area contributed by atoms with Crippen molar-refractivity contribution >= 4 is 37.5 Å². The molecular formula is C24H32N4O2S2. The Bertz CT molecular complexity index is 1160. The molecule has 0 radical (unpaired) electrons. The zero-order chi connectivity index (χ0) is 22.9. The van der Waals surface area contributed by atoms with Crippen molar-refractivity contribution in [3.05, 3.63) is 54.1 Å². The predicted molar refractivity (Wildman–Crippen MR) is 133 cm³/mol. The van der Waals surface area contributed by atoms with Gasteiger partial charge in [-0.2, -0.15) is 9.10 Å². The molecule has 0 spiro atoms. The number of aromatic nitrogens is 1. The molecule has 1 N–H and O–H groups in total. The molecule has 1 fully saturated rings. The molecular weight excluding hydrogens is 440 g/mol. The van der Waals surface area contributed by atoms with E-state index in [0.29, 0.717) is 11.3 Å². The standard InChI is InChI=1S/C24H32N4O2S2/c1-5-22(26-32(29,30)19-12-10-18(11-13-19)24(2,3)4)27-14-16-28(17-15-27)23-20-8-6-7-9-21(20)31-25-23/h6-13,22,26H,5,14-17H2,1-4H3. The summed E-state index contributed by atoms with van der Waals surface area (Å²) in [7, 11) is -3.58. The van der Waals surface area contributed by atoms with Crippen molar-refractivity contribution in [1.82, 2.24) is 14.0 Å². The molecule has 1 aliphatic heterocycles. The van der Waals surface area contributed by atoms with Crippen molar-refractivity contribution in [2.45, 2.75) is 50.6 Å². The van der Waals surface area contributed by atoms with Gasteiger partial charge in [0.1, 0.15) is 5.82 Å². The van der Waals surface area contributed by atoms with Gasteiger partial charge in [0, 0.05) is 31.6 Å². The molecule has 1 aliphatic rings. The lowest BCUT2D eigenvalue weighted by Gasteiger charge is -2.39. The number of hydrogen-bond donors (Lipinski definition) is 1. The van der Waals surface area contributed by atoms with Crippen molar-refractivity contribution < 1.29 is 8.42 Å². The molecule has 2 aromatic carbocycles. The van der Waals surface area contributed by atoms with Gasteiger partial charge >= 0.3 is 0 Å². The summed E-state index contributed by atoms with van der Waals surface area (Å²) >= 11 is 1.53. The van der Waals surface area contributed by atoms with Crippen LogP contribution in [0.2, 0.25) is 0 Å². The fraction of sp³-hybridized carbons (Fsp3) is 0.458. The van der Waals surface area contributed by atoms with Crippen molar-refractivity contribution in [3.8, 4) is 0 Å². The van der Waals surface area contributed by atoms with Crippen LogP contribution in [0.25, 0.3) is 10.1 Å². The fourth-order valence-corrected chi connectivity index (χ4v) is 6.24. The van der Waals surface area contributed by atoms with Crippen LogP contribution >= 0.6 is 11.5 Å². The lowest BCUT2D eigenvalue weighted by molar-refractivity contribution is 0.170. The number of fused-ring (bicyclic) bond motifs is 1. The summed E-state index contributed by atoms with van der Waals surface area (Å²) in [6.07, 6.45) is 0.482. The Hall–Kier alpha value is -2.00. The SMILES string of the molecule is CCC(NS(=O)(=O)c1ccc(C(C)(C)C)cc1)N1CCN(c2nsc3ccccc23)CC1. The van der Waals surface area contributed by atoms with E-state index in [4.69, 9.17) is 0 Å². The van der Waals surface area contributed by atoms with Crippen LogP contribution in [0.4, 0.5) is 5.82 Å². The van der Waals surface area contributed by atoms with E-state index in [2.05, 4.69) is 51.8 Å². The summed E-state index contributed by atoms with van der Waals surface area (Å²) in [5.74, 6) is 1.04. The Balaban J connectivity index is 1.42. The number of nitrogens with zero attached hydrogens (tertiary/aromatic N) is 3. The maximum Gasteiger partial charge on any atom is 0.241 e. The van der Waals surface area contributed by atoms with Crippen LogP contribution < -0.4 is 9.62 Å². The van der Waals surface area contributed by atoms with Gasteiger partial charge in [0.05, 0.1) is 15.8 Å². The quantitative estimate of drug-likeness (QED) is 0.575. The fourth-order valence-electron chi connectivity index (χ4n) is 4.14. The van der Waals surface area contributed by atoms with Crippen LogP contribution in [0.3, 0.4) is 0 Å². The summed E-state index contributed by atoms with van der Waals surface area (Å²) in [4.78, 5) is 4.85. The smallest absolute Gasteiger partial charge is 0.241 e. The highest BCUT2D eigenvalue weighted by Crippen LogP contribution is 2.30. The molecule has 2 heterocycles. The highest BCUT2D eigenvalue weighted by molar-refractivity contribution is 7.89. The lowest BCUT2D eigenvalue weighted by Crippen LogP contribution is -2.55. The second kappa shape index (κ2) is 9.09. The molecule has 0 saturated carbocycles. The summed E-state index contributed by atoms with van der Waals surface area (Å²) in [6, 6.07) is 15.5. The van der Waals surface area contributed by atoms with E-state index < -0.39 is 10.0 Å². The number of sulfonamides is 1. The highest BCUT2D eigenvalue weighted by atomic mass is 32.2. The van der Waals surface area contributed by atoms with Crippen molar-refractivity contribution in [3.63, 3.8) is 0 Å². The zero-order valence-corrected chi connectivity index (χ0v) is 20.8. The van der Waals surface area contributed by atoms with Crippen molar-refractivity contribution in [2.75, 3.05) is 31.1 Å². The Morgan fingerprint density at radius 1 is 1.03 bits per heavy atom. The largest absolute Gasteiger partial charge is 0.353 e. The summed E-state index contributed by atoms with van der Waals surface area (Å²) < 4.78 is 34.9. The summed E-state index contributed by atoms with van der Waals surface area (Å²) in [6.45, 7) is 11.6. The van der Waals surface area contributed by atoms with Crippen LogP contribution in [0.15, 0.2) is 53.4 Å². The second-order valence-electron chi connectivity index (χ2n) is 9.35. The first-order valence-corrected chi connectivity index (χ1v) is 13.4. The summed E-state index contributed by atoms with van der Waals surface area (Å²) in [5, 5.41) is 1.19. The van der Waals surface area contributed by atoms with Gasteiger partial charge in [0.25, 0.3) is 0 Å². The van der Waals surface area contributed by atoms with Crippen LogP contribution in [0.5, 0.6) is 0 Å². The molecule has 0 amide bonds. The molecule has 8 heteroatoms. The van der Waals surface area contributed by atoms with E-state index in [9.17, 15) is 8.42 Å². The molecule has 3 aromatic rings. The van der Waals surface area contributed by atoms with Gasteiger partial charge in [-0.15, -0.1) is 0 Å². The first-order valence-electron chi connectivity index (χ1n) is 11.2. The molecule has 1 unspecified atom stereocenters. The molecule has 0 aliphatic carbocycles. The van der Waals surface area contributed by atoms with Gasteiger partial charge in [-0.3, -0.25) is 4.90 Å². The molecule has 0 bridgehead atoms. The molecule has 4 rings (SSSR count). The van der Waals surface area contributed by atoms with Gasteiger partial charge in [-0.05, 0) is 53.2 Å². The maximum absolute atomic E-state index is 13.0. The zero-order valence-electron chi connectivity index (χ0n) is 19.2. The average Bonchev–Trinajstić information content (AvgIpc) is 3.21. The Kier molecular flexibility index (Phi) is 6.58. The van der Waals surface area contributed by atoms with E-state index in [1.54, 1.807) is 12.1 Å². The van der Waals surface area contributed by atoms with E-state index in [1.807, 2.05) is 31.2 Å². The van der Waals surface area contributed by atoms with E-state index in [1.165, 1.54) is 21.6 Å². The van der Waals surface area contributed by atoms with E-state index >= 15 is 0 Å². The second-order valence-corrected chi connectivity index (χ2v) is 11.9. The number of hydrogen-bond acceptors (Lipinski definition) is 6. The number of piperazine rings is 1. The van der Waals surface area contributed by atoms with Crippen molar-refractivity contribution in [2.24, 2.45) is 0 Å². The molecule has 32 heavy (non-hydrogen) atoms. The van der Waals surface area contributed by atoms with Gasteiger partial charge in [0.2, 0.25) is 10.0 Å². The monoisotopic (exact) mass is 472 g/mol. The minimum absolute atomic E-state index is 0.00994. The normalized spacial score (nSPS) is 17.1. The first-order chi connectivity index (χ1) is 15.2. The van der Waals surface area contributed by atoms with E-state index in [-0.39, 0.29) is 11.6 Å². The highest BCUT2D eigenvalue weighted by Gasteiger charge is 2.28.